The summed E-state index contributed by atoms with van der Waals surface area (Å²) in [4.78, 5) is 0. The van der Waals surface area contributed by atoms with Gasteiger partial charge in [-0.1, -0.05) is 0 Å². The van der Waals surface area contributed by atoms with Gasteiger partial charge in [-0.3, -0.25) is 0 Å². The van der Waals surface area contributed by atoms with Crippen molar-refractivity contribution in [2.75, 3.05) is 49.8 Å². The quantitative estimate of drug-likeness (QED) is 0.321. The van der Waals surface area contributed by atoms with E-state index in [4.69, 9.17) is 31.0 Å². The van der Waals surface area contributed by atoms with Gasteiger partial charge >= 0.3 is 26.6 Å². The lowest BCUT2D eigenvalue weighted by Gasteiger charge is -2.18. The molecule has 0 aliphatic rings. The van der Waals surface area contributed by atoms with Gasteiger partial charge in [-0.15, -0.1) is 0 Å². The van der Waals surface area contributed by atoms with Crippen LogP contribution in [0.2, 0.25) is 26.2 Å². The van der Waals surface area contributed by atoms with Crippen LogP contribution >= 0.6 is 37.2 Å². The largest absolute Gasteiger partial charge is 0.496 e. The van der Waals surface area contributed by atoms with Crippen LogP contribution in [0.5, 0.6) is 0 Å². The molecule has 0 fully saturated rings. The number of rotatable bonds is 7. The highest BCUT2D eigenvalue weighted by molar-refractivity contribution is 15.0. The van der Waals surface area contributed by atoms with Gasteiger partial charge in [-0.05, 0) is 19.6 Å². The van der Waals surface area contributed by atoms with Gasteiger partial charge in [0, 0.05) is 93.5 Å². The summed E-state index contributed by atoms with van der Waals surface area (Å²) in [6.07, 6.45) is 0. The van der Waals surface area contributed by atoms with E-state index in [1.54, 1.807) is 49.8 Å². The normalized spacial score (nSPS) is 10.7. The molecule has 0 radical (unpaired) electrons. The molecular weight excluding hydrogens is 582 g/mol. The summed E-state index contributed by atoms with van der Waals surface area (Å²) in [5.41, 5.74) is 0. The second-order valence-electron chi connectivity index (χ2n) is 4.32. The smallest absolute Gasteiger partial charge is 0.400 e. The minimum atomic E-state index is -2.17. The SMILES string of the molecule is CO[SiH](C)OC.CO[Si](C)(C)OC.CO[Si](C)(OC)OC.II. The van der Waals surface area contributed by atoms with E-state index in [1.165, 1.54) is 0 Å². The zero-order valence-corrected chi connectivity index (χ0v) is 23.7. The minimum absolute atomic E-state index is 1.16. The summed E-state index contributed by atoms with van der Waals surface area (Å²) in [6.45, 7) is 7.78. The van der Waals surface area contributed by atoms with E-state index in [0.29, 0.717) is 0 Å². The Kier molecular flexibility index (Phi) is 30.9. The van der Waals surface area contributed by atoms with E-state index in [9.17, 15) is 0 Å². The van der Waals surface area contributed by atoms with Crippen molar-refractivity contribution < 1.29 is 31.0 Å². The van der Waals surface area contributed by atoms with Gasteiger partial charge < -0.3 is 31.0 Å². The van der Waals surface area contributed by atoms with Gasteiger partial charge in [0.25, 0.3) is 0 Å². The van der Waals surface area contributed by atoms with E-state index in [1.807, 2.05) is 26.2 Å². The molecule has 0 aromatic carbocycles. The first-order valence-electron chi connectivity index (χ1n) is 6.57. The molecule has 0 aliphatic carbocycles. The van der Waals surface area contributed by atoms with Crippen molar-refractivity contribution in [2.24, 2.45) is 0 Å². The molecule has 23 heavy (non-hydrogen) atoms. The molecule has 0 amide bonds. The third-order valence-electron chi connectivity index (χ3n) is 2.76. The Morgan fingerprint density at radius 2 is 0.870 bits per heavy atom. The molecule has 0 aromatic heterocycles. The molecule has 0 rings (SSSR count). The van der Waals surface area contributed by atoms with Crippen LogP contribution < -0.4 is 0 Å². The van der Waals surface area contributed by atoms with Crippen molar-refractivity contribution in [1.29, 1.82) is 0 Å². The van der Waals surface area contributed by atoms with Crippen molar-refractivity contribution in [2.45, 2.75) is 26.2 Å². The van der Waals surface area contributed by atoms with Gasteiger partial charge in [-0.2, -0.15) is 0 Å². The number of hydrogen-bond donors (Lipinski definition) is 0. The summed E-state index contributed by atoms with van der Waals surface area (Å²) in [6, 6.07) is 0. The van der Waals surface area contributed by atoms with Crippen LogP contribution in [0.25, 0.3) is 0 Å². The van der Waals surface area contributed by atoms with E-state index in [0.717, 1.165) is 0 Å². The Labute approximate surface area is 169 Å². The van der Waals surface area contributed by atoms with Crippen molar-refractivity contribution in [3.8, 4) is 0 Å². The first kappa shape index (κ1) is 32.5. The highest BCUT2D eigenvalue weighted by Crippen LogP contribution is 2.02. The average molecular weight is 616 g/mol. The maximum atomic E-state index is 5.00. The molecule has 0 atom stereocenters. The molecule has 0 heterocycles. The molecule has 7 nitrogen and oxygen atoms in total. The fourth-order valence-corrected chi connectivity index (χ4v) is 1.29. The molecule has 0 aromatic rings. The molecule has 0 bridgehead atoms. The fourth-order valence-electron chi connectivity index (χ4n) is 0.430. The van der Waals surface area contributed by atoms with Crippen LogP contribution in [0.15, 0.2) is 0 Å². The van der Waals surface area contributed by atoms with Crippen LogP contribution in [0.4, 0.5) is 0 Å². The van der Waals surface area contributed by atoms with Crippen LogP contribution in [0.1, 0.15) is 0 Å². The summed E-state index contributed by atoms with van der Waals surface area (Å²) in [5.74, 6) is 0. The van der Waals surface area contributed by atoms with Gasteiger partial charge in [0.15, 0.2) is 0 Å². The summed E-state index contributed by atoms with van der Waals surface area (Å²) in [7, 11) is 6.45. The molecule has 0 saturated carbocycles. The second kappa shape index (κ2) is 21.9. The van der Waals surface area contributed by atoms with E-state index in [2.05, 4.69) is 37.2 Å². The van der Waals surface area contributed by atoms with Gasteiger partial charge in [0.1, 0.15) is 0 Å². The van der Waals surface area contributed by atoms with Crippen molar-refractivity contribution in [3.05, 3.63) is 0 Å². The average Bonchev–Trinajstić information content (AvgIpc) is 2.62. The maximum absolute atomic E-state index is 5.00. The summed E-state index contributed by atoms with van der Waals surface area (Å²) < 4.78 is 34.4. The minimum Gasteiger partial charge on any atom is -0.400 e. The Morgan fingerprint density at radius 3 is 0.870 bits per heavy atom. The lowest BCUT2D eigenvalue weighted by Crippen LogP contribution is -2.38. The van der Waals surface area contributed by atoms with Crippen molar-refractivity contribution >= 4 is 63.9 Å². The second-order valence-corrected chi connectivity index (χ2v) is 13.0. The van der Waals surface area contributed by atoms with Crippen molar-refractivity contribution in [1.82, 2.24) is 0 Å². The molecule has 0 unspecified atom stereocenters. The first-order chi connectivity index (χ1) is 10.6. The summed E-state index contributed by atoms with van der Waals surface area (Å²) in [5, 5.41) is 0. The molecule has 146 valence electrons. The Bertz CT molecular complexity index is 208. The van der Waals surface area contributed by atoms with Gasteiger partial charge in [0.05, 0.1) is 0 Å². The predicted molar refractivity (Wildman–Crippen MR) is 119 cm³/mol. The molecular formula is C11H34I2O7Si3. The van der Waals surface area contributed by atoms with E-state index >= 15 is 0 Å². The number of halogens is 2. The van der Waals surface area contributed by atoms with Crippen LogP contribution in [-0.4, -0.2) is 76.4 Å². The van der Waals surface area contributed by atoms with Crippen LogP contribution in [-0.2, 0) is 31.0 Å². The van der Waals surface area contributed by atoms with Crippen LogP contribution in [0.3, 0.4) is 0 Å². The lowest BCUT2D eigenvalue weighted by atomic mass is 11.8. The molecule has 12 heteroatoms. The molecule has 0 saturated heterocycles. The highest BCUT2D eigenvalue weighted by Gasteiger charge is 2.29. The molecule has 0 spiro atoms. The van der Waals surface area contributed by atoms with Gasteiger partial charge in [0.2, 0.25) is 0 Å². The van der Waals surface area contributed by atoms with E-state index < -0.39 is 26.6 Å². The lowest BCUT2D eigenvalue weighted by molar-refractivity contribution is 0.132. The van der Waals surface area contributed by atoms with Crippen LogP contribution in [0, 0.1) is 0 Å². The van der Waals surface area contributed by atoms with Crippen molar-refractivity contribution in [3.63, 3.8) is 0 Å². The summed E-state index contributed by atoms with van der Waals surface area (Å²) >= 11 is 4.24. The standard InChI is InChI=1S/C4H12O3Si.C4H12O2Si.C3H10O2Si.I2/c1-5-8(4,6-2)7-3;1-5-7(3,4)6-2;1-4-6(3)5-2;1-2/h1-4H3;1-4H3;6H,1-3H3;. The maximum Gasteiger partial charge on any atom is 0.496 e. The first-order valence-corrected chi connectivity index (χ1v) is 20.0. The third-order valence-corrected chi connectivity index (χ3v) is 8.28. The Hall–Kier alpha value is 1.83. The van der Waals surface area contributed by atoms with Gasteiger partial charge in [-0.25, -0.2) is 0 Å². The monoisotopic (exact) mass is 616 g/mol. The fraction of sp³-hybridized carbons (Fsp3) is 1.00. The Morgan fingerprint density at radius 1 is 0.609 bits per heavy atom. The zero-order chi connectivity index (χ0) is 19.5. The third kappa shape index (κ3) is 26.2. The molecule has 0 aliphatic heterocycles. The topological polar surface area (TPSA) is 64.6 Å². The predicted octanol–water partition coefficient (Wildman–Crippen LogP) is 3.38. The Balaban J connectivity index is -0.000000112. The zero-order valence-electron chi connectivity index (χ0n) is 16.2. The number of hydrogen-bond acceptors (Lipinski definition) is 7. The van der Waals surface area contributed by atoms with E-state index in [-0.39, 0.29) is 0 Å². The molecule has 0 N–H and O–H groups in total. The highest BCUT2D eigenvalue weighted by atomic mass is 128.